The predicted octanol–water partition coefficient (Wildman–Crippen LogP) is 2.44. The van der Waals surface area contributed by atoms with Crippen LogP contribution in [0.25, 0.3) is 5.69 Å². The maximum absolute atomic E-state index is 11.6. The number of nitriles is 1. The average molecular weight is 239 g/mol. The van der Waals surface area contributed by atoms with E-state index in [-0.39, 0.29) is 11.5 Å². The SMILES string of the molecule is CC(=O)c1c(N)c(C#N)cn1-c1ccc(C)cc1. The van der Waals surface area contributed by atoms with Gasteiger partial charge in [0.05, 0.1) is 11.3 Å². The Morgan fingerprint density at radius 1 is 1.33 bits per heavy atom. The number of ketones is 1. The summed E-state index contributed by atoms with van der Waals surface area (Å²) in [5.74, 6) is -0.158. The van der Waals surface area contributed by atoms with Gasteiger partial charge in [0, 0.05) is 18.8 Å². The van der Waals surface area contributed by atoms with Crippen molar-refractivity contribution in [3.63, 3.8) is 0 Å². The number of hydrogen-bond donors (Lipinski definition) is 1. The molecule has 1 aromatic carbocycles. The fourth-order valence-electron chi connectivity index (χ4n) is 1.88. The number of aromatic nitrogens is 1. The highest BCUT2D eigenvalue weighted by atomic mass is 16.1. The Labute approximate surface area is 105 Å². The molecule has 0 radical (unpaired) electrons. The maximum Gasteiger partial charge on any atom is 0.178 e. The molecule has 0 aliphatic rings. The lowest BCUT2D eigenvalue weighted by molar-refractivity contribution is 0.101. The van der Waals surface area contributed by atoms with Gasteiger partial charge >= 0.3 is 0 Å². The van der Waals surface area contributed by atoms with Crippen LogP contribution in [0.4, 0.5) is 5.69 Å². The monoisotopic (exact) mass is 239 g/mol. The Morgan fingerprint density at radius 2 is 1.94 bits per heavy atom. The number of aryl methyl sites for hydroxylation is 1. The van der Waals surface area contributed by atoms with Crippen molar-refractivity contribution in [2.45, 2.75) is 13.8 Å². The van der Waals surface area contributed by atoms with Crippen LogP contribution in [-0.2, 0) is 0 Å². The van der Waals surface area contributed by atoms with Crippen LogP contribution in [-0.4, -0.2) is 10.4 Å². The van der Waals surface area contributed by atoms with E-state index < -0.39 is 0 Å². The van der Waals surface area contributed by atoms with Crippen LogP contribution in [0.5, 0.6) is 0 Å². The Kier molecular flexibility index (Phi) is 2.90. The third-order valence-electron chi connectivity index (χ3n) is 2.81. The fraction of sp³-hybridized carbons (Fsp3) is 0.143. The number of nitrogens with zero attached hydrogens (tertiary/aromatic N) is 2. The minimum atomic E-state index is -0.158. The van der Waals surface area contributed by atoms with Gasteiger partial charge in [0.2, 0.25) is 0 Å². The number of hydrogen-bond acceptors (Lipinski definition) is 3. The second-order valence-corrected chi connectivity index (χ2v) is 4.18. The van der Waals surface area contributed by atoms with E-state index in [0.717, 1.165) is 11.3 Å². The van der Waals surface area contributed by atoms with Gasteiger partial charge in [-0.3, -0.25) is 4.79 Å². The van der Waals surface area contributed by atoms with E-state index in [1.54, 1.807) is 10.8 Å². The van der Waals surface area contributed by atoms with Gasteiger partial charge in [0.25, 0.3) is 0 Å². The van der Waals surface area contributed by atoms with Crippen LogP contribution in [0.3, 0.4) is 0 Å². The summed E-state index contributed by atoms with van der Waals surface area (Å²) in [4.78, 5) is 11.6. The van der Waals surface area contributed by atoms with E-state index in [1.807, 2.05) is 37.3 Å². The molecule has 4 nitrogen and oxygen atoms in total. The summed E-state index contributed by atoms with van der Waals surface area (Å²) in [6, 6.07) is 9.67. The van der Waals surface area contributed by atoms with E-state index in [4.69, 9.17) is 11.0 Å². The zero-order chi connectivity index (χ0) is 13.3. The van der Waals surface area contributed by atoms with Crippen molar-refractivity contribution >= 4 is 11.5 Å². The molecule has 0 aliphatic heterocycles. The smallest absolute Gasteiger partial charge is 0.178 e. The molecule has 18 heavy (non-hydrogen) atoms. The molecule has 0 amide bonds. The lowest BCUT2D eigenvalue weighted by atomic mass is 10.2. The predicted molar refractivity (Wildman–Crippen MR) is 69.6 cm³/mol. The third kappa shape index (κ3) is 1.87. The van der Waals surface area contributed by atoms with Gasteiger partial charge in [-0.2, -0.15) is 5.26 Å². The van der Waals surface area contributed by atoms with Crippen LogP contribution >= 0.6 is 0 Å². The largest absolute Gasteiger partial charge is 0.396 e. The van der Waals surface area contributed by atoms with E-state index in [0.29, 0.717) is 11.3 Å². The quantitative estimate of drug-likeness (QED) is 0.818. The number of rotatable bonds is 2. The molecule has 0 saturated heterocycles. The van der Waals surface area contributed by atoms with Crippen molar-refractivity contribution in [2.75, 3.05) is 5.73 Å². The zero-order valence-electron chi connectivity index (χ0n) is 10.3. The van der Waals surface area contributed by atoms with Gasteiger partial charge in [0.1, 0.15) is 11.8 Å². The first kappa shape index (κ1) is 11.9. The summed E-state index contributed by atoms with van der Waals surface area (Å²) in [5, 5.41) is 8.97. The molecule has 0 fully saturated rings. The molecule has 2 rings (SSSR count). The van der Waals surface area contributed by atoms with Crippen molar-refractivity contribution in [3.05, 3.63) is 47.3 Å². The van der Waals surface area contributed by atoms with Gasteiger partial charge in [-0.05, 0) is 19.1 Å². The zero-order valence-corrected chi connectivity index (χ0v) is 10.3. The first-order chi connectivity index (χ1) is 8.54. The minimum Gasteiger partial charge on any atom is -0.396 e. The average Bonchev–Trinajstić information content (AvgIpc) is 2.67. The van der Waals surface area contributed by atoms with Gasteiger partial charge in [-0.25, -0.2) is 0 Å². The van der Waals surface area contributed by atoms with E-state index in [2.05, 4.69) is 0 Å². The van der Waals surface area contributed by atoms with Crippen LogP contribution in [0.2, 0.25) is 0 Å². The standard InChI is InChI=1S/C14H13N3O/c1-9-3-5-12(6-4-9)17-8-11(7-15)13(16)14(17)10(2)18/h3-6,8H,16H2,1-2H3. The number of carbonyl (C=O) groups excluding carboxylic acids is 1. The van der Waals surface area contributed by atoms with E-state index >= 15 is 0 Å². The first-order valence-electron chi connectivity index (χ1n) is 5.53. The van der Waals surface area contributed by atoms with Crippen LogP contribution in [0, 0.1) is 18.3 Å². The number of carbonyl (C=O) groups is 1. The summed E-state index contributed by atoms with van der Waals surface area (Å²) in [6.07, 6.45) is 1.59. The minimum absolute atomic E-state index is 0.158. The van der Waals surface area contributed by atoms with Crippen molar-refractivity contribution < 1.29 is 4.79 Å². The summed E-state index contributed by atoms with van der Waals surface area (Å²) < 4.78 is 1.66. The van der Waals surface area contributed by atoms with Gasteiger partial charge in [-0.15, -0.1) is 0 Å². The number of anilines is 1. The number of benzene rings is 1. The Bertz CT molecular complexity index is 645. The lowest BCUT2D eigenvalue weighted by Gasteiger charge is -2.07. The maximum atomic E-state index is 11.6. The van der Waals surface area contributed by atoms with Gasteiger partial charge < -0.3 is 10.3 Å². The molecule has 90 valence electrons. The molecule has 4 heteroatoms. The van der Waals surface area contributed by atoms with Crippen molar-refractivity contribution in [1.29, 1.82) is 5.26 Å². The molecular formula is C14H13N3O. The second kappa shape index (κ2) is 4.38. The number of nitrogen functional groups attached to an aromatic ring is 1. The highest BCUT2D eigenvalue weighted by Gasteiger charge is 2.17. The molecule has 0 bridgehead atoms. The Morgan fingerprint density at radius 3 is 2.44 bits per heavy atom. The first-order valence-corrected chi connectivity index (χ1v) is 5.53. The molecule has 1 heterocycles. The molecule has 0 saturated carbocycles. The Balaban J connectivity index is 2.68. The summed E-state index contributed by atoms with van der Waals surface area (Å²) in [7, 11) is 0. The lowest BCUT2D eigenvalue weighted by Crippen LogP contribution is -2.06. The molecule has 0 atom stereocenters. The van der Waals surface area contributed by atoms with E-state index in [1.165, 1.54) is 6.92 Å². The normalized spacial score (nSPS) is 10.1. The molecule has 0 unspecified atom stereocenters. The third-order valence-corrected chi connectivity index (χ3v) is 2.81. The van der Waals surface area contributed by atoms with E-state index in [9.17, 15) is 4.79 Å². The Hall–Kier alpha value is -2.54. The molecule has 2 N–H and O–H groups in total. The topological polar surface area (TPSA) is 71.8 Å². The van der Waals surface area contributed by atoms with Crippen LogP contribution in [0.15, 0.2) is 30.5 Å². The summed E-state index contributed by atoms with van der Waals surface area (Å²) >= 11 is 0. The molecular weight excluding hydrogens is 226 g/mol. The molecule has 0 spiro atoms. The van der Waals surface area contributed by atoms with Crippen molar-refractivity contribution in [3.8, 4) is 11.8 Å². The van der Waals surface area contributed by atoms with Crippen molar-refractivity contribution in [1.82, 2.24) is 4.57 Å². The van der Waals surface area contributed by atoms with Crippen LogP contribution < -0.4 is 5.73 Å². The van der Waals surface area contributed by atoms with Crippen molar-refractivity contribution in [2.24, 2.45) is 0 Å². The fourth-order valence-corrected chi connectivity index (χ4v) is 1.88. The highest BCUT2D eigenvalue weighted by molar-refractivity contribution is 5.99. The van der Waals surface area contributed by atoms with Gasteiger partial charge in [-0.1, -0.05) is 17.7 Å². The number of Topliss-reactive ketones (excluding diaryl/α,β-unsaturated/α-hetero) is 1. The highest BCUT2D eigenvalue weighted by Crippen LogP contribution is 2.24. The summed E-state index contributed by atoms with van der Waals surface area (Å²) in [5.41, 5.74) is 8.68. The molecule has 2 aromatic rings. The van der Waals surface area contributed by atoms with Gasteiger partial charge in [0.15, 0.2) is 5.78 Å². The molecule has 0 aliphatic carbocycles. The second-order valence-electron chi connectivity index (χ2n) is 4.18. The summed E-state index contributed by atoms with van der Waals surface area (Å²) in [6.45, 7) is 3.43. The molecule has 1 aromatic heterocycles. The van der Waals surface area contributed by atoms with Crippen LogP contribution in [0.1, 0.15) is 28.5 Å². The number of nitrogens with two attached hydrogens (primary N) is 1.